The zero-order valence-corrected chi connectivity index (χ0v) is 13.6. The Morgan fingerprint density at radius 1 is 1.28 bits per heavy atom. The minimum absolute atomic E-state index is 0.0834. The standard InChI is InChI=1S/C12H7Br2ClF2S/c13-7(11-5-8(15)12(14)18-11)4-6-9(16)2-1-3-10(6)17/h1-3,5,7H,4H2. The summed E-state index contributed by atoms with van der Waals surface area (Å²) < 4.78 is 27.9. The summed E-state index contributed by atoms with van der Waals surface area (Å²) in [7, 11) is 0. The lowest BCUT2D eigenvalue weighted by Gasteiger charge is -2.09. The van der Waals surface area contributed by atoms with Gasteiger partial charge in [0.05, 0.1) is 13.6 Å². The van der Waals surface area contributed by atoms with Crippen molar-refractivity contribution >= 4 is 54.8 Å². The predicted molar refractivity (Wildman–Crippen MR) is 78.8 cm³/mol. The van der Waals surface area contributed by atoms with Crippen molar-refractivity contribution in [1.82, 2.24) is 0 Å². The van der Waals surface area contributed by atoms with Crippen LogP contribution in [-0.4, -0.2) is 0 Å². The average molecular weight is 417 g/mol. The third-order valence-electron chi connectivity index (χ3n) is 2.42. The summed E-state index contributed by atoms with van der Waals surface area (Å²) in [6.07, 6.45) is 0.238. The number of alkyl halides is 1. The second-order valence-corrected chi connectivity index (χ2v) is 7.56. The van der Waals surface area contributed by atoms with E-state index in [2.05, 4.69) is 31.9 Å². The number of rotatable bonds is 3. The number of hydrogen-bond acceptors (Lipinski definition) is 1. The van der Waals surface area contributed by atoms with Crippen molar-refractivity contribution < 1.29 is 8.78 Å². The van der Waals surface area contributed by atoms with Gasteiger partial charge in [0.1, 0.15) is 11.6 Å². The Morgan fingerprint density at radius 2 is 1.89 bits per heavy atom. The van der Waals surface area contributed by atoms with Crippen LogP contribution in [-0.2, 0) is 6.42 Å². The molecule has 0 N–H and O–H groups in total. The Balaban J connectivity index is 2.23. The van der Waals surface area contributed by atoms with E-state index in [1.54, 1.807) is 6.07 Å². The van der Waals surface area contributed by atoms with Crippen molar-refractivity contribution in [2.45, 2.75) is 11.2 Å². The molecule has 0 aliphatic heterocycles. The van der Waals surface area contributed by atoms with Gasteiger partial charge in [0.25, 0.3) is 0 Å². The van der Waals surface area contributed by atoms with E-state index in [9.17, 15) is 8.78 Å². The van der Waals surface area contributed by atoms with Gasteiger partial charge in [-0.2, -0.15) is 0 Å². The molecule has 0 aliphatic carbocycles. The molecule has 18 heavy (non-hydrogen) atoms. The summed E-state index contributed by atoms with van der Waals surface area (Å²) in [6.45, 7) is 0. The summed E-state index contributed by atoms with van der Waals surface area (Å²) >= 11 is 14.1. The lowest BCUT2D eigenvalue weighted by molar-refractivity contribution is 0.554. The molecule has 6 heteroatoms. The Bertz CT molecular complexity index is 531. The molecule has 2 aromatic rings. The maximum atomic E-state index is 13.5. The lowest BCUT2D eigenvalue weighted by Crippen LogP contribution is -1.99. The fourth-order valence-electron chi connectivity index (χ4n) is 1.52. The minimum atomic E-state index is -0.527. The van der Waals surface area contributed by atoms with Crippen molar-refractivity contribution in [2.75, 3.05) is 0 Å². The van der Waals surface area contributed by atoms with Crippen LogP contribution >= 0.6 is 54.8 Å². The van der Waals surface area contributed by atoms with Crippen LogP contribution in [0.2, 0.25) is 5.02 Å². The van der Waals surface area contributed by atoms with Gasteiger partial charge in [-0.05, 0) is 40.5 Å². The van der Waals surface area contributed by atoms with Gasteiger partial charge in [-0.3, -0.25) is 0 Å². The van der Waals surface area contributed by atoms with E-state index in [1.165, 1.54) is 29.5 Å². The predicted octanol–water partition coefficient (Wildman–Crippen LogP) is 6.12. The SMILES string of the molecule is Fc1cccc(F)c1CC(Br)c1cc(Cl)c(Br)s1. The fourth-order valence-corrected chi connectivity index (χ4v) is 3.99. The Labute approximate surface area is 129 Å². The highest BCUT2D eigenvalue weighted by Crippen LogP contribution is 2.40. The van der Waals surface area contributed by atoms with Gasteiger partial charge in [-0.1, -0.05) is 33.6 Å². The van der Waals surface area contributed by atoms with E-state index in [4.69, 9.17) is 11.6 Å². The topological polar surface area (TPSA) is 0 Å². The highest BCUT2D eigenvalue weighted by atomic mass is 79.9. The maximum absolute atomic E-state index is 13.5. The van der Waals surface area contributed by atoms with Crippen LogP contribution in [0, 0.1) is 11.6 Å². The van der Waals surface area contributed by atoms with Gasteiger partial charge < -0.3 is 0 Å². The van der Waals surface area contributed by atoms with Crippen molar-refractivity contribution in [3.63, 3.8) is 0 Å². The van der Waals surface area contributed by atoms with Gasteiger partial charge in [-0.15, -0.1) is 11.3 Å². The summed E-state index contributed by atoms with van der Waals surface area (Å²) in [5.74, 6) is -1.05. The third kappa shape index (κ3) is 3.13. The zero-order chi connectivity index (χ0) is 13.3. The molecule has 1 heterocycles. The molecule has 96 valence electrons. The van der Waals surface area contributed by atoms with Crippen LogP contribution in [0.15, 0.2) is 28.1 Å². The van der Waals surface area contributed by atoms with Crippen molar-refractivity contribution in [1.29, 1.82) is 0 Å². The summed E-state index contributed by atoms with van der Waals surface area (Å²) in [5.41, 5.74) is 0.0834. The van der Waals surface area contributed by atoms with E-state index < -0.39 is 11.6 Å². The van der Waals surface area contributed by atoms with Gasteiger partial charge in [0, 0.05) is 10.4 Å². The Kier molecular flexibility index (Phi) is 4.80. The van der Waals surface area contributed by atoms with Crippen molar-refractivity contribution in [3.05, 3.63) is 55.1 Å². The molecular weight excluding hydrogens is 409 g/mol. The monoisotopic (exact) mass is 414 g/mol. The van der Waals surface area contributed by atoms with Crippen molar-refractivity contribution in [2.24, 2.45) is 0 Å². The van der Waals surface area contributed by atoms with Gasteiger partial charge in [0.15, 0.2) is 0 Å². The van der Waals surface area contributed by atoms with Crippen LogP contribution in [0.1, 0.15) is 15.3 Å². The van der Waals surface area contributed by atoms with Gasteiger partial charge in [0.2, 0.25) is 0 Å². The van der Waals surface area contributed by atoms with Crippen LogP contribution in [0.5, 0.6) is 0 Å². The Morgan fingerprint density at radius 3 is 2.39 bits per heavy atom. The third-order valence-corrected chi connectivity index (χ3v) is 6.13. The van der Waals surface area contributed by atoms with Crippen LogP contribution in [0.3, 0.4) is 0 Å². The number of benzene rings is 1. The molecule has 0 saturated carbocycles. The molecule has 2 rings (SSSR count). The first-order chi connectivity index (χ1) is 8.49. The molecule has 0 spiro atoms. The number of halogens is 5. The second-order valence-electron chi connectivity index (χ2n) is 3.64. The van der Waals surface area contributed by atoms with Crippen molar-refractivity contribution in [3.8, 4) is 0 Å². The quantitative estimate of drug-likeness (QED) is 0.529. The van der Waals surface area contributed by atoms with E-state index in [0.29, 0.717) is 5.02 Å². The minimum Gasteiger partial charge on any atom is -0.207 e. The number of thiophene rings is 1. The van der Waals surface area contributed by atoms with Gasteiger partial charge in [-0.25, -0.2) is 8.78 Å². The molecule has 1 unspecified atom stereocenters. The smallest absolute Gasteiger partial charge is 0.129 e. The largest absolute Gasteiger partial charge is 0.207 e. The molecule has 1 aromatic carbocycles. The molecule has 0 bridgehead atoms. The fraction of sp³-hybridized carbons (Fsp3) is 0.167. The molecular formula is C12H7Br2ClF2S. The highest BCUT2D eigenvalue weighted by molar-refractivity contribution is 9.11. The average Bonchev–Trinajstić information content (AvgIpc) is 2.64. The molecule has 0 radical (unpaired) electrons. The summed E-state index contributed by atoms with van der Waals surface area (Å²) in [6, 6.07) is 5.66. The van der Waals surface area contributed by atoms with E-state index in [1.807, 2.05) is 0 Å². The van der Waals surface area contributed by atoms with Crippen LogP contribution in [0.25, 0.3) is 0 Å². The lowest BCUT2D eigenvalue weighted by atomic mass is 10.1. The zero-order valence-electron chi connectivity index (χ0n) is 8.89. The molecule has 0 aliphatic rings. The first-order valence-corrected chi connectivity index (χ1v) is 7.91. The van der Waals surface area contributed by atoms with E-state index in [0.717, 1.165) is 8.66 Å². The molecule has 0 nitrogen and oxygen atoms in total. The molecule has 0 amide bonds. The second kappa shape index (κ2) is 5.99. The number of hydrogen-bond donors (Lipinski definition) is 0. The van der Waals surface area contributed by atoms with E-state index >= 15 is 0 Å². The summed E-state index contributed by atoms with van der Waals surface area (Å²) in [5, 5.41) is 0.605. The molecule has 0 saturated heterocycles. The molecule has 0 fully saturated rings. The molecule has 1 atom stereocenters. The molecule has 1 aromatic heterocycles. The highest BCUT2D eigenvalue weighted by Gasteiger charge is 2.18. The Hall–Kier alpha value is 0.0300. The van der Waals surface area contributed by atoms with Gasteiger partial charge >= 0.3 is 0 Å². The van der Waals surface area contributed by atoms with Crippen LogP contribution in [0.4, 0.5) is 8.78 Å². The first-order valence-electron chi connectivity index (χ1n) is 5.00. The summed E-state index contributed by atoms with van der Waals surface area (Å²) in [4.78, 5) is 0.757. The first kappa shape index (κ1) is 14.4. The normalized spacial score (nSPS) is 12.7. The van der Waals surface area contributed by atoms with Crippen LogP contribution < -0.4 is 0 Å². The van der Waals surface area contributed by atoms with E-state index in [-0.39, 0.29) is 16.8 Å². The maximum Gasteiger partial charge on any atom is 0.129 e.